The second kappa shape index (κ2) is 6.69. The molecular weight excluding hydrogens is 204 g/mol. The van der Waals surface area contributed by atoms with E-state index in [0.29, 0.717) is 25.0 Å². The van der Waals surface area contributed by atoms with Gasteiger partial charge in [-0.05, 0) is 24.7 Å². The van der Waals surface area contributed by atoms with Crippen molar-refractivity contribution in [3.8, 4) is 0 Å². The van der Waals surface area contributed by atoms with Crippen LogP contribution in [0.2, 0.25) is 0 Å². The fourth-order valence-electron chi connectivity index (χ4n) is 2.01. The summed E-state index contributed by atoms with van der Waals surface area (Å²) >= 11 is 0. The lowest BCUT2D eigenvalue weighted by atomic mass is 9.91. The molecule has 2 unspecified atom stereocenters. The molecule has 0 aliphatic heterocycles. The number of hydrogen-bond acceptors (Lipinski definition) is 3. The van der Waals surface area contributed by atoms with Gasteiger partial charge in [-0.15, -0.1) is 0 Å². The Hall–Kier alpha value is -0.830. The number of allylic oxidation sites excluding steroid dienone is 2. The van der Waals surface area contributed by atoms with Crippen LogP contribution in [-0.4, -0.2) is 26.3 Å². The van der Waals surface area contributed by atoms with Crippen LogP contribution in [0.25, 0.3) is 0 Å². The summed E-state index contributed by atoms with van der Waals surface area (Å²) in [6, 6.07) is 0. The maximum absolute atomic E-state index is 11.7. The van der Waals surface area contributed by atoms with Crippen LogP contribution in [0.15, 0.2) is 12.2 Å². The first kappa shape index (κ1) is 13.2. The van der Waals surface area contributed by atoms with Crippen LogP contribution in [0.3, 0.4) is 0 Å². The van der Waals surface area contributed by atoms with E-state index in [9.17, 15) is 4.79 Å². The molecule has 1 aliphatic carbocycles. The number of methoxy groups -OCH3 is 1. The third kappa shape index (κ3) is 3.63. The number of esters is 1. The van der Waals surface area contributed by atoms with Gasteiger partial charge in [0.2, 0.25) is 0 Å². The molecule has 0 saturated carbocycles. The van der Waals surface area contributed by atoms with Crippen molar-refractivity contribution in [2.24, 2.45) is 17.8 Å². The van der Waals surface area contributed by atoms with Crippen molar-refractivity contribution in [1.82, 2.24) is 0 Å². The molecule has 1 rings (SSSR count). The van der Waals surface area contributed by atoms with Crippen molar-refractivity contribution in [1.29, 1.82) is 0 Å². The van der Waals surface area contributed by atoms with Gasteiger partial charge in [-0.1, -0.05) is 26.0 Å². The number of carbonyl (C=O) groups is 1. The summed E-state index contributed by atoms with van der Waals surface area (Å²) < 4.78 is 9.97. The zero-order valence-corrected chi connectivity index (χ0v) is 10.4. The monoisotopic (exact) mass is 226 g/mol. The standard InChI is InChI=1S/C13H22O3/c1-4-11-5-6-12(9-11)10(2)13(14)16-8-7-15-3/h5-6,10-12H,4,7-9H2,1-3H3/t10?,11?,12-/m0/s1. The average Bonchev–Trinajstić information content (AvgIpc) is 2.76. The molecule has 92 valence electrons. The van der Waals surface area contributed by atoms with Crippen LogP contribution in [0.5, 0.6) is 0 Å². The zero-order chi connectivity index (χ0) is 12.0. The normalized spacial score (nSPS) is 25.7. The minimum absolute atomic E-state index is 0.0374. The van der Waals surface area contributed by atoms with Gasteiger partial charge in [0.05, 0.1) is 12.5 Å². The lowest BCUT2D eigenvalue weighted by molar-refractivity contribution is -0.150. The highest BCUT2D eigenvalue weighted by Crippen LogP contribution is 2.31. The first-order valence-electron chi connectivity index (χ1n) is 6.03. The Kier molecular flexibility index (Phi) is 5.53. The molecule has 0 heterocycles. The topological polar surface area (TPSA) is 35.5 Å². The molecule has 0 spiro atoms. The van der Waals surface area contributed by atoms with E-state index in [4.69, 9.17) is 9.47 Å². The van der Waals surface area contributed by atoms with Gasteiger partial charge in [0, 0.05) is 7.11 Å². The van der Waals surface area contributed by atoms with Crippen molar-refractivity contribution < 1.29 is 14.3 Å². The van der Waals surface area contributed by atoms with Gasteiger partial charge in [0.25, 0.3) is 0 Å². The van der Waals surface area contributed by atoms with Crippen LogP contribution in [0, 0.1) is 17.8 Å². The van der Waals surface area contributed by atoms with Crippen molar-refractivity contribution in [2.45, 2.75) is 26.7 Å². The Bertz CT molecular complexity index is 248. The SMILES string of the molecule is CCC1C=C[C@H](C(C)C(=O)OCCOC)C1. The summed E-state index contributed by atoms with van der Waals surface area (Å²) in [6.45, 7) is 4.95. The summed E-state index contributed by atoms with van der Waals surface area (Å²) in [5, 5.41) is 0. The highest BCUT2D eigenvalue weighted by molar-refractivity contribution is 5.72. The quantitative estimate of drug-likeness (QED) is 0.396. The fourth-order valence-corrected chi connectivity index (χ4v) is 2.01. The van der Waals surface area contributed by atoms with E-state index < -0.39 is 0 Å². The Balaban J connectivity index is 2.31. The Morgan fingerprint density at radius 3 is 2.75 bits per heavy atom. The lowest BCUT2D eigenvalue weighted by Crippen LogP contribution is -2.23. The van der Waals surface area contributed by atoms with Gasteiger partial charge in [0.15, 0.2) is 0 Å². The van der Waals surface area contributed by atoms with E-state index in [-0.39, 0.29) is 11.9 Å². The maximum atomic E-state index is 11.7. The zero-order valence-electron chi connectivity index (χ0n) is 10.4. The highest BCUT2D eigenvalue weighted by Gasteiger charge is 2.28. The molecule has 0 aromatic heterocycles. The maximum Gasteiger partial charge on any atom is 0.309 e. The summed E-state index contributed by atoms with van der Waals surface area (Å²) in [7, 11) is 1.60. The first-order valence-corrected chi connectivity index (χ1v) is 6.03. The van der Waals surface area contributed by atoms with Gasteiger partial charge < -0.3 is 9.47 Å². The highest BCUT2D eigenvalue weighted by atomic mass is 16.6. The minimum atomic E-state index is -0.108. The predicted octanol–water partition coefficient (Wildman–Crippen LogP) is 2.41. The molecule has 0 aromatic carbocycles. The van der Waals surface area contributed by atoms with Gasteiger partial charge in [0.1, 0.15) is 6.61 Å². The van der Waals surface area contributed by atoms with Crippen LogP contribution in [-0.2, 0) is 14.3 Å². The molecule has 3 atom stereocenters. The van der Waals surface area contributed by atoms with Crippen LogP contribution >= 0.6 is 0 Å². The molecule has 0 bridgehead atoms. The van der Waals surface area contributed by atoms with E-state index >= 15 is 0 Å². The van der Waals surface area contributed by atoms with Crippen LogP contribution in [0.4, 0.5) is 0 Å². The van der Waals surface area contributed by atoms with Crippen molar-refractivity contribution in [3.63, 3.8) is 0 Å². The van der Waals surface area contributed by atoms with E-state index in [2.05, 4.69) is 19.1 Å². The third-order valence-corrected chi connectivity index (χ3v) is 3.28. The predicted molar refractivity (Wildman–Crippen MR) is 63.0 cm³/mol. The molecule has 0 saturated heterocycles. The molecule has 16 heavy (non-hydrogen) atoms. The Labute approximate surface area is 97.8 Å². The summed E-state index contributed by atoms with van der Waals surface area (Å²) in [5.74, 6) is 0.840. The second-order valence-corrected chi connectivity index (χ2v) is 4.40. The average molecular weight is 226 g/mol. The smallest absolute Gasteiger partial charge is 0.309 e. The number of carbonyl (C=O) groups excluding carboxylic acids is 1. The Morgan fingerprint density at radius 1 is 1.44 bits per heavy atom. The number of hydrogen-bond donors (Lipinski definition) is 0. The van der Waals surface area contributed by atoms with Crippen molar-refractivity contribution in [3.05, 3.63) is 12.2 Å². The van der Waals surface area contributed by atoms with Gasteiger partial charge in [-0.25, -0.2) is 0 Å². The molecule has 0 N–H and O–H groups in total. The lowest BCUT2D eigenvalue weighted by Gasteiger charge is -2.17. The molecule has 3 heteroatoms. The number of rotatable bonds is 6. The van der Waals surface area contributed by atoms with E-state index in [0.717, 1.165) is 12.8 Å². The largest absolute Gasteiger partial charge is 0.463 e. The molecule has 0 aromatic rings. The second-order valence-electron chi connectivity index (χ2n) is 4.40. The van der Waals surface area contributed by atoms with E-state index in [1.807, 2.05) is 6.92 Å². The van der Waals surface area contributed by atoms with Crippen molar-refractivity contribution in [2.75, 3.05) is 20.3 Å². The van der Waals surface area contributed by atoms with Crippen LogP contribution < -0.4 is 0 Å². The minimum Gasteiger partial charge on any atom is -0.463 e. The summed E-state index contributed by atoms with van der Waals surface area (Å²) in [5.41, 5.74) is 0. The third-order valence-electron chi connectivity index (χ3n) is 3.28. The van der Waals surface area contributed by atoms with Gasteiger partial charge in [-0.3, -0.25) is 4.79 Å². The Morgan fingerprint density at radius 2 is 2.19 bits per heavy atom. The van der Waals surface area contributed by atoms with Crippen molar-refractivity contribution >= 4 is 5.97 Å². The van der Waals surface area contributed by atoms with E-state index in [1.165, 1.54) is 0 Å². The summed E-state index contributed by atoms with van der Waals surface area (Å²) in [4.78, 5) is 11.7. The molecule has 0 fully saturated rings. The van der Waals surface area contributed by atoms with Crippen LogP contribution in [0.1, 0.15) is 26.7 Å². The number of ether oxygens (including phenoxy) is 2. The molecule has 3 nitrogen and oxygen atoms in total. The van der Waals surface area contributed by atoms with Gasteiger partial charge >= 0.3 is 5.97 Å². The summed E-state index contributed by atoms with van der Waals surface area (Å²) in [6.07, 6.45) is 6.62. The molecule has 0 radical (unpaired) electrons. The molecule has 1 aliphatic rings. The van der Waals surface area contributed by atoms with Gasteiger partial charge in [-0.2, -0.15) is 0 Å². The van der Waals surface area contributed by atoms with E-state index in [1.54, 1.807) is 7.11 Å². The molecule has 0 amide bonds. The first-order chi connectivity index (χ1) is 7.69. The fraction of sp³-hybridized carbons (Fsp3) is 0.769. The molecular formula is C13H22O3.